The van der Waals surface area contributed by atoms with Crippen molar-refractivity contribution in [2.75, 3.05) is 0 Å². The van der Waals surface area contributed by atoms with Crippen molar-refractivity contribution in [1.82, 2.24) is 4.98 Å². The Morgan fingerprint density at radius 1 is 1.13 bits per heavy atom. The Morgan fingerprint density at radius 2 is 1.80 bits per heavy atom. The molecule has 1 heteroatoms. The molecule has 1 aromatic carbocycles. The fourth-order valence-corrected chi connectivity index (χ4v) is 1.57. The summed E-state index contributed by atoms with van der Waals surface area (Å²) in [4.78, 5) is 3.44. The highest BCUT2D eigenvalue weighted by Crippen LogP contribution is 2.21. The molecule has 0 spiro atoms. The first kappa shape index (κ1) is 11.8. The molecule has 0 saturated carbocycles. The van der Waals surface area contributed by atoms with Gasteiger partial charge in [-0.05, 0) is 35.9 Å². The van der Waals surface area contributed by atoms with Crippen molar-refractivity contribution in [2.45, 2.75) is 40.5 Å². The highest BCUT2D eigenvalue weighted by molar-refractivity contribution is 5.81. The van der Waals surface area contributed by atoms with Gasteiger partial charge >= 0.3 is 0 Å². The lowest BCUT2D eigenvalue weighted by atomic mass is 10.1. The second-order valence-corrected chi connectivity index (χ2v) is 3.97. The monoisotopic (exact) mass is 205 g/mol. The van der Waals surface area contributed by atoms with Crippen LogP contribution < -0.4 is 0 Å². The van der Waals surface area contributed by atoms with Crippen LogP contribution >= 0.6 is 0 Å². The van der Waals surface area contributed by atoms with Crippen LogP contribution in [0.1, 0.15) is 46.3 Å². The molecule has 1 heterocycles. The summed E-state index contributed by atoms with van der Waals surface area (Å²) in [5.41, 5.74) is 3.88. The Hall–Kier alpha value is -1.24. The van der Waals surface area contributed by atoms with Crippen LogP contribution in [0, 0.1) is 6.92 Å². The fourth-order valence-electron chi connectivity index (χ4n) is 1.57. The Kier molecular flexibility index (Phi) is 3.96. The van der Waals surface area contributed by atoms with E-state index in [9.17, 15) is 0 Å². The van der Waals surface area contributed by atoms with E-state index in [1.54, 1.807) is 0 Å². The molecule has 0 aliphatic carbocycles. The third kappa shape index (κ3) is 2.62. The average molecular weight is 205 g/mol. The molecule has 1 aromatic heterocycles. The van der Waals surface area contributed by atoms with Crippen molar-refractivity contribution in [3.63, 3.8) is 0 Å². The molecule has 0 saturated heterocycles. The molecule has 0 radical (unpaired) electrons. The van der Waals surface area contributed by atoms with E-state index in [1.807, 2.05) is 13.8 Å². The maximum absolute atomic E-state index is 3.44. The van der Waals surface area contributed by atoms with Gasteiger partial charge in [0.05, 0.1) is 0 Å². The molecule has 2 rings (SSSR count). The number of benzene rings is 1. The van der Waals surface area contributed by atoms with Gasteiger partial charge in [0.2, 0.25) is 0 Å². The number of rotatable bonds is 1. The predicted octanol–water partition coefficient (Wildman–Crippen LogP) is 4.87. The van der Waals surface area contributed by atoms with Crippen molar-refractivity contribution >= 4 is 10.9 Å². The summed E-state index contributed by atoms with van der Waals surface area (Å²) in [5, 5.41) is 1.31. The second kappa shape index (κ2) is 5.01. The van der Waals surface area contributed by atoms with E-state index in [2.05, 4.69) is 50.0 Å². The van der Waals surface area contributed by atoms with Crippen LogP contribution in [-0.2, 0) is 0 Å². The lowest BCUT2D eigenvalue weighted by molar-refractivity contribution is 0.836. The van der Waals surface area contributed by atoms with E-state index < -0.39 is 0 Å². The first-order valence-corrected chi connectivity index (χ1v) is 5.76. The maximum atomic E-state index is 3.44. The SMILES string of the molecule is CC.Cc1ccc2cc(C(C)C)[nH]c2c1.[HH]. The van der Waals surface area contributed by atoms with Gasteiger partial charge in [-0.25, -0.2) is 0 Å². The van der Waals surface area contributed by atoms with Crippen LogP contribution in [0.2, 0.25) is 0 Å². The summed E-state index contributed by atoms with van der Waals surface area (Å²) in [7, 11) is 0. The molecule has 0 atom stereocenters. The Morgan fingerprint density at radius 3 is 2.40 bits per heavy atom. The summed E-state index contributed by atoms with van der Waals surface area (Å²) >= 11 is 0. The molecule has 0 fully saturated rings. The zero-order valence-corrected chi connectivity index (χ0v) is 10.4. The maximum Gasteiger partial charge on any atom is 0.0458 e. The molecular formula is C14H23N. The van der Waals surface area contributed by atoms with Crippen molar-refractivity contribution in [1.29, 1.82) is 0 Å². The van der Waals surface area contributed by atoms with Gasteiger partial charge in [-0.2, -0.15) is 0 Å². The fraction of sp³-hybridized carbons (Fsp3) is 0.429. The number of aromatic nitrogens is 1. The molecular weight excluding hydrogens is 182 g/mol. The molecule has 1 N–H and O–H groups in total. The molecule has 0 unspecified atom stereocenters. The summed E-state index contributed by atoms with van der Waals surface area (Å²) < 4.78 is 0. The highest BCUT2D eigenvalue weighted by atomic mass is 14.7. The largest absolute Gasteiger partial charge is 0.358 e. The molecule has 0 aliphatic heterocycles. The number of H-pyrrole nitrogens is 1. The molecule has 0 aliphatic rings. The molecule has 0 amide bonds. The van der Waals surface area contributed by atoms with E-state index in [-0.39, 0.29) is 1.43 Å². The molecule has 15 heavy (non-hydrogen) atoms. The van der Waals surface area contributed by atoms with Crippen LogP contribution in [0.5, 0.6) is 0 Å². The minimum absolute atomic E-state index is 0. The Labute approximate surface area is 94.0 Å². The Bertz CT molecular complexity index is 429. The van der Waals surface area contributed by atoms with Gasteiger partial charge in [-0.15, -0.1) is 0 Å². The van der Waals surface area contributed by atoms with E-state index >= 15 is 0 Å². The van der Waals surface area contributed by atoms with Crippen LogP contribution in [0.15, 0.2) is 24.3 Å². The van der Waals surface area contributed by atoms with Crippen LogP contribution in [0.3, 0.4) is 0 Å². The second-order valence-electron chi connectivity index (χ2n) is 3.97. The van der Waals surface area contributed by atoms with Gasteiger partial charge in [0.25, 0.3) is 0 Å². The first-order valence-electron chi connectivity index (χ1n) is 5.76. The van der Waals surface area contributed by atoms with E-state index in [0.717, 1.165) is 0 Å². The number of aromatic amines is 1. The quantitative estimate of drug-likeness (QED) is 0.683. The first-order chi connectivity index (χ1) is 7.16. The van der Waals surface area contributed by atoms with Crippen molar-refractivity contribution in [3.05, 3.63) is 35.5 Å². The van der Waals surface area contributed by atoms with Crippen LogP contribution in [0.4, 0.5) is 0 Å². The predicted molar refractivity (Wildman–Crippen MR) is 70.6 cm³/mol. The number of fused-ring (bicyclic) bond motifs is 1. The average Bonchev–Trinajstić information content (AvgIpc) is 2.63. The Balaban J connectivity index is 0.000000711. The van der Waals surface area contributed by atoms with Gasteiger partial charge in [0.15, 0.2) is 0 Å². The minimum atomic E-state index is 0. The summed E-state index contributed by atoms with van der Waals surface area (Å²) in [5.74, 6) is 0.577. The number of aryl methyl sites for hydroxylation is 1. The molecule has 84 valence electrons. The summed E-state index contributed by atoms with van der Waals surface area (Å²) in [6.07, 6.45) is 0. The van der Waals surface area contributed by atoms with Gasteiger partial charge in [-0.1, -0.05) is 39.8 Å². The van der Waals surface area contributed by atoms with E-state index in [0.29, 0.717) is 5.92 Å². The van der Waals surface area contributed by atoms with Gasteiger partial charge in [0.1, 0.15) is 0 Å². The number of hydrogen-bond acceptors (Lipinski definition) is 0. The van der Waals surface area contributed by atoms with E-state index in [4.69, 9.17) is 0 Å². The summed E-state index contributed by atoms with van der Waals surface area (Å²) in [6, 6.07) is 8.76. The van der Waals surface area contributed by atoms with Crippen LogP contribution in [-0.4, -0.2) is 4.98 Å². The standard InChI is InChI=1S/C12H15N.C2H6.H2/c1-8(2)11-7-10-5-4-9(3)6-12(10)13-11;1-2;/h4-8,13H,1-3H3;1-2H3;1H. The van der Waals surface area contributed by atoms with Crippen molar-refractivity contribution < 1.29 is 1.43 Å². The van der Waals surface area contributed by atoms with Gasteiger partial charge < -0.3 is 4.98 Å². The van der Waals surface area contributed by atoms with Crippen molar-refractivity contribution in [3.8, 4) is 0 Å². The van der Waals surface area contributed by atoms with E-state index in [1.165, 1.54) is 22.2 Å². The third-order valence-electron chi connectivity index (χ3n) is 2.42. The van der Waals surface area contributed by atoms with Crippen molar-refractivity contribution in [2.24, 2.45) is 0 Å². The number of hydrogen-bond donors (Lipinski definition) is 1. The summed E-state index contributed by atoms with van der Waals surface area (Å²) in [6.45, 7) is 10.5. The molecule has 2 aromatic rings. The highest BCUT2D eigenvalue weighted by Gasteiger charge is 2.03. The van der Waals surface area contributed by atoms with Crippen LogP contribution in [0.25, 0.3) is 10.9 Å². The smallest absolute Gasteiger partial charge is 0.0458 e. The molecule has 1 nitrogen and oxygen atoms in total. The zero-order valence-electron chi connectivity index (χ0n) is 10.4. The zero-order chi connectivity index (χ0) is 11.4. The normalized spacial score (nSPS) is 10.3. The molecule has 0 bridgehead atoms. The lowest BCUT2D eigenvalue weighted by Crippen LogP contribution is -1.84. The van der Waals surface area contributed by atoms with Gasteiger partial charge in [-0.3, -0.25) is 0 Å². The number of nitrogens with one attached hydrogen (secondary N) is 1. The topological polar surface area (TPSA) is 15.8 Å². The third-order valence-corrected chi connectivity index (χ3v) is 2.42. The lowest BCUT2D eigenvalue weighted by Gasteiger charge is -1.97. The van der Waals surface area contributed by atoms with Gasteiger partial charge in [0, 0.05) is 12.6 Å². The minimum Gasteiger partial charge on any atom is -0.358 e.